The van der Waals surface area contributed by atoms with Crippen molar-refractivity contribution in [2.75, 3.05) is 6.54 Å². The number of nitrogens with one attached hydrogen (secondary N) is 1. The second-order valence-electron chi connectivity index (χ2n) is 3.78. The molecule has 1 N–H and O–H groups in total. The second kappa shape index (κ2) is 10.2. The van der Waals surface area contributed by atoms with Gasteiger partial charge in [0.25, 0.3) is 0 Å². The van der Waals surface area contributed by atoms with E-state index in [0.29, 0.717) is 5.56 Å². The molecule has 2 rings (SSSR count). The molecule has 0 spiro atoms. The normalized spacial score (nSPS) is 9.00. The molecule has 0 bridgehead atoms. The Balaban J connectivity index is 0.000000211. The van der Waals surface area contributed by atoms with Crippen LogP contribution < -0.4 is 10.3 Å². The van der Waals surface area contributed by atoms with Crippen LogP contribution in [-0.2, 0) is 9.53 Å². The van der Waals surface area contributed by atoms with Crippen molar-refractivity contribution in [3.63, 3.8) is 0 Å². The van der Waals surface area contributed by atoms with Crippen LogP contribution in [0.3, 0.4) is 0 Å². The van der Waals surface area contributed by atoms with Crippen molar-refractivity contribution < 1.29 is 19.2 Å². The molecule has 2 aromatic rings. The van der Waals surface area contributed by atoms with Gasteiger partial charge >= 0.3 is 12.4 Å². The summed E-state index contributed by atoms with van der Waals surface area (Å²) in [6, 6.07) is 18.0. The molecule has 5 nitrogen and oxygen atoms in total. The van der Waals surface area contributed by atoms with Crippen LogP contribution in [0.25, 0.3) is 0 Å². The summed E-state index contributed by atoms with van der Waals surface area (Å²) in [4.78, 5) is 25.6. The molecule has 0 saturated heterocycles. The van der Waals surface area contributed by atoms with E-state index < -0.39 is 5.97 Å². The molecule has 2 aromatic carbocycles. The topological polar surface area (TPSA) is 64.6 Å². The predicted octanol–water partition coefficient (Wildman–Crippen LogP) is 2.59. The van der Waals surface area contributed by atoms with E-state index in [1.165, 1.54) is 0 Å². The Morgan fingerprint density at radius 1 is 1.05 bits per heavy atom. The number of benzene rings is 2. The van der Waals surface area contributed by atoms with E-state index in [9.17, 15) is 9.59 Å². The summed E-state index contributed by atoms with van der Waals surface area (Å²) in [7, 11) is 0. The van der Waals surface area contributed by atoms with Gasteiger partial charge in [-0.15, -0.1) is 0 Å². The van der Waals surface area contributed by atoms with Crippen molar-refractivity contribution in [1.29, 1.82) is 0 Å². The lowest BCUT2D eigenvalue weighted by molar-refractivity contribution is -0.123. The minimum Gasteiger partial charge on any atom is -0.409 e. The number of carbonyl (C=O) groups is 2. The van der Waals surface area contributed by atoms with E-state index >= 15 is 0 Å². The van der Waals surface area contributed by atoms with E-state index in [1.54, 1.807) is 30.3 Å². The van der Waals surface area contributed by atoms with Gasteiger partial charge in [-0.2, -0.15) is 5.48 Å². The summed E-state index contributed by atoms with van der Waals surface area (Å²) in [5.74, 6) is 0.227. The lowest BCUT2D eigenvalue weighted by Gasteiger charge is -2.02. The van der Waals surface area contributed by atoms with Gasteiger partial charge < -0.3 is 9.57 Å². The summed E-state index contributed by atoms with van der Waals surface area (Å²) in [6.45, 7) is 2.92. The highest BCUT2D eigenvalue weighted by Gasteiger charge is 2.03. The highest BCUT2D eigenvalue weighted by Crippen LogP contribution is 2.05. The maximum absolute atomic E-state index is 10.8. The minimum atomic E-state index is -0.624. The maximum atomic E-state index is 10.8. The predicted molar refractivity (Wildman–Crippen MR) is 78.7 cm³/mol. The molecule has 110 valence electrons. The van der Waals surface area contributed by atoms with Crippen LogP contribution in [0.4, 0.5) is 0 Å². The molecule has 0 aliphatic heterocycles. The Morgan fingerprint density at radius 3 is 2.14 bits per heavy atom. The first-order chi connectivity index (χ1) is 10.3. The number of hydroxylamine groups is 1. The van der Waals surface area contributed by atoms with Gasteiger partial charge in [0.1, 0.15) is 5.75 Å². The third-order valence-electron chi connectivity index (χ3n) is 2.24. The molecule has 0 atom stereocenters. The van der Waals surface area contributed by atoms with Crippen LogP contribution in [0.15, 0.2) is 60.7 Å². The molecular formula is C16H17NO4. The Labute approximate surface area is 123 Å². The number of para-hydroxylation sites is 1. The summed E-state index contributed by atoms with van der Waals surface area (Å²) < 4.78 is 4.11. The Hall–Kier alpha value is -2.66. The number of carbonyl (C=O) groups excluding carboxylic acids is 2. The molecule has 0 saturated carbocycles. The average Bonchev–Trinajstić information content (AvgIpc) is 2.55. The number of esters is 1. The third-order valence-corrected chi connectivity index (χ3v) is 2.24. The summed E-state index contributed by atoms with van der Waals surface area (Å²) in [5.41, 5.74) is 3.14. The fraction of sp³-hybridized carbons (Fsp3) is 0.125. The minimum absolute atomic E-state index is 0.120. The zero-order valence-corrected chi connectivity index (χ0v) is 11.7. The van der Waals surface area contributed by atoms with Crippen LogP contribution in [0.5, 0.6) is 5.75 Å². The second-order valence-corrected chi connectivity index (χ2v) is 3.78. The summed E-state index contributed by atoms with van der Waals surface area (Å²) in [5, 5.41) is 0. The number of rotatable bonds is 5. The first kappa shape index (κ1) is 16.4. The number of hydrogen-bond donors (Lipinski definition) is 1. The Bertz CT molecular complexity index is 528. The smallest absolute Gasteiger partial charge is 0.345 e. The van der Waals surface area contributed by atoms with Crippen LogP contribution in [0.2, 0.25) is 0 Å². The first-order valence-electron chi connectivity index (χ1n) is 6.42. The molecule has 0 heterocycles. The Morgan fingerprint density at radius 2 is 1.62 bits per heavy atom. The molecule has 0 amide bonds. The van der Waals surface area contributed by atoms with Crippen molar-refractivity contribution in [2.45, 2.75) is 6.92 Å². The van der Waals surface area contributed by atoms with E-state index in [1.807, 2.05) is 37.3 Å². The van der Waals surface area contributed by atoms with Gasteiger partial charge in [0, 0.05) is 6.54 Å². The van der Waals surface area contributed by atoms with Gasteiger partial charge in [-0.3, -0.25) is 4.79 Å². The van der Waals surface area contributed by atoms with E-state index in [4.69, 9.17) is 4.84 Å². The number of hydrogen-bond acceptors (Lipinski definition) is 5. The van der Waals surface area contributed by atoms with Crippen molar-refractivity contribution in [3.05, 3.63) is 66.2 Å². The lowest BCUT2D eigenvalue weighted by Crippen LogP contribution is -2.16. The fourth-order valence-electron chi connectivity index (χ4n) is 1.33. The largest absolute Gasteiger partial charge is 0.409 e. The van der Waals surface area contributed by atoms with Crippen molar-refractivity contribution in [1.82, 2.24) is 5.48 Å². The molecule has 0 aliphatic rings. The zero-order valence-electron chi connectivity index (χ0n) is 11.7. The highest BCUT2D eigenvalue weighted by molar-refractivity contribution is 5.92. The Kier molecular flexibility index (Phi) is 7.94. The van der Waals surface area contributed by atoms with Crippen molar-refractivity contribution >= 4 is 12.4 Å². The third kappa shape index (κ3) is 6.89. The molecule has 5 heteroatoms. The monoisotopic (exact) mass is 287 g/mol. The van der Waals surface area contributed by atoms with Crippen LogP contribution >= 0.6 is 0 Å². The SMILES string of the molecule is CCNOc1ccccc1.O=COC(=O)c1ccccc1. The van der Waals surface area contributed by atoms with Crippen LogP contribution in [-0.4, -0.2) is 19.0 Å². The zero-order chi connectivity index (χ0) is 15.3. The van der Waals surface area contributed by atoms with Gasteiger partial charge in [-0.05, 0) is 31.2 Å². The van der Waals surface area contributed by atoms with E-state index in [2.05, 4.69) is 10.2 Å². The first-order valence-corrected chi connectivity index (χ1v) is 6.42. The average molecular weight is 287 g/mol. The summed E-state index contributed by atoms with van der Waals surface area (Å²) in [6.07, 6.45) is 0. The molecule has 0 aliphatic carbocycles. The van der Waals surface area contributed by atoms with Gasteiger partial charge in [-0.25, -0.2) is 4.79 Å². The highest BCUT2D eigenvalue weighted by atomic mass is 16.6. The van der Waals surface area contributed by atoms with E-state index in [-0.39, 0.29) is 6.47 Å². The molecule has 0 fully saturated rings. The molecule has 0 unspecified atom stereocenters. The molecule has 0 radical (unpaired) electrons. The lowest BCUT2D eigenvalue weighted by atomic mass is 10.2. The quantitative estimate of drug-likeness (QED) is 0.396. The van der Waals surface area contributed by atoms with Gasteiger partial charge in [0.15, 0.2) is 0 Å². The van der Waals surface area contributed by atoms with Crippen molar-refractivity contribution in [2.24, 2.45) is 0 Å². The molecule has 21 heavy (non-hydrogen) atoms. The fourth-order valence-corrected chi connectivity index (χ4v) is 1.33. The number of ether oxygens (including phenoxy) is 1. The van der Waals surface area contributed by atoms with Crippen LogP contribution in [0.1, 0.15) is 17.3 Å². The maximum Gasteiger partial charge on any atom is 0.345 e. The molecule has 0 aromatic heterocycles. The van der Waals surface area contributed by atoms with Crippen LogP contribution in [0, 0.1) is 0 Å². The molecular weight excluding hydrogens is 270 g/mol. The summed E-state index contributed by atoms with van der Waals surface area (Å²) >= 11 is 0. The van der Waals surface area contributed by atoms with Gasteiger partial charge in [0.2, 0.25) is 0 Å². The van der Waals surface area contributed by atoms with Crippen molar-refractivity contribution in [3.8, 4) is 5.75 Å². The van der Waals surface area contributed by atoms with E-state index in [0.717, 1.165) is 12.3 Å². The van der Waals surface area contributed by atoms with Gasteiger partial charge in [-0.1, -0.05) is 36.4 Å². The van der Waals surface area contributed by atoms with Gasteiger partial charge in [0.05, 0.1) is 5.56 Å². The standard InChI is InChI=1S/C8H11NO.C8H6O3/c1-2-9-10-8-6-4-3-5-7-8;9-6-11-8(10)7-4-2-1-3-5-7/h3-7,9H,2H2,1H3;1-6H.